The van der Waals surface area contributed by atoms with Gasteiger partial charge in [-0.1, -0.05) is 17.7 Å². The van der Waals surface area contributed by atoms with Crippen molar-refractivity contribution in [3.8, 4) is 11.6 Å². The maximum Gasteiger partial charge on any atom is 0.221 e. The second-order valence-corrected chi connectivity index (χ2v) is 4.97. The quantitative estimate of drug-likeness (QED) is 0.936. The molecule has 0 saturated carbocycles. The molecule has 2 aromatic rings. The largest absolute Gasteiger partial charge is 0.437 e. The molecule has 2 N–H and O–H groups in total. The fourth-order valence-electron chi connectivity index (χ4n) is 2.03. The van der Waals surface area contributed by atoms with Gasteiger partial charge in [-0.3, -0.25) is 0 Å². The van der Waals surface area contributed by atoms with Crippen molar-refractivity contribution in [3.63, 3.8) is 0 Å². The zero-order valence-electron chi connectivity index (χ0n) is 11.4. The molecule has 0 atom stereocenters. The van der Waals surface area contributed by atoms with E-state index >= 15 is 0 Å². The van der Waals surface area contributed by atoms with Crippen LogP contribution in [0.2, 0.25) is 5.02 Å². The first kappa shape index (κ1) is 13.9. The lowest BCUT2D eigenvalue weighted by molar-refractivity contribution is 0.426. The predicted molar refractivity (Wildman–Crippen MR) is 77.0 cm³/mol. The van der Waals surface area contributed by atoms with Crippen molar-refractivity contribution in [1.29, 1.82) is 0 Å². The first-order chi connectivity index (χ1) is 9.02. The molecular formula is C14H18ClN3O. The summed E-state index contributed by atoms with van der Waals surface area (Å²) in [6.07, 6.45) is 0.735. The van der Waals surface area contributed by atoms with E-state index in [-0.39, 0.29) is 0 Å². The lowest BCUT2D eigenvalue weighted by atomic mass is 10.2. The standard InChI is InChI=1S/C14H18ClN3O/c1-9-4-5-12(15)13(8-9)19-14-11(6-7-16)10(2)17-18(14)3/h4-5,8H,6-7,16H2,1-3H3. The molecule has 0 bridgehead atoms. The Kier molecular flexibility index (Phi) is 4.12. The Morgan fingerprint density at radius 2 is 2.11 bits per heavy atom. The third kappa shape index (κ3) is 2.91. The molecular weight excluding hydrogens is 262 g/mol. The van der Waals surface area contributed by atoms with Gasteiger partial charge in [-0.25, -0.2) is 4.68 Å². The molecule has 0 aliphatic rings. The van der Waals surface area contributed by atoms with E-state index in [4.69, 9.17) is 22.1 Å². The Bertz CT molecular complexity index is 593. The van der Waals surface area contributed by atoms with Crippen LogP contribution in [0.3, 0.4) is 0 Å². The summed E-state index contributed by atoms with van der Waals surface area (Å²) in [5, 5.41) is 4.96. The SMILES string of the molecule is Cc1ccc(Cl)c(Oc2c(CCN)c(C)nn2C)c1. The van der Waals surface area contributed by atoms with Gasteiger partial charge in [0, 0.05) is 12.6 Å². The lowest BCUT2D eigenvalue weighted by Gasteiger charge is -2.10. The van der Waals surface area contributed by atoms with Gasteiger partial charge in [-0.15, -0.1) is 0 Å². The summed E-state index contributed by atoms with van der Waals surface area (Å²) in [5.41, 5.74) is 8.70. The van der Waals surface area contributed by atoms with Crippen LogP contribution >= 0.6 is 11.6 Å². The summed E-state index contributed by atoms with van der Waals surface area (Å²) in [5.74, 6) is 1.35. The predicted octanol–water partition coefficient (Wildman–Crippen LogP) is 2.98. The molecule has 0 fully saturated rings. The van der Waals surface area contributed by atoms with Gasteiger partial charge >= 0.3 is 0 Å². The highest BCUT2D eigenvalue weighted by atomic mass is 35.5. The van der Waals surface area contributed by atoms with Crippen molar-refractivity contribution in [2.45, 2.75) is 20.3 Å². The summed E-state index contributed by atoms with van der Waals surface area (Å²) in [7, 11) is 1.85. The Balaban J connectivity index is 2.40. The van der Waals surface area contributed by atoms with Crippen LogP contribution in [0.15, 0.2) is 18.2 Å². The van der Waals surface area contributed by atoms with Crippen molar-refractivity contribution in [1.82, 2.24) is 9.78 Å². The minimum Gasteiger partial charge on any atom is -0.437 e. The van der Waals surface area contributed by atoms with Gasteiger partial charge in [-0.05, 0) is 44.5 Å². The van der Waals surface area contributed by atoms with Gasteiger partial charge in [0.1, 0.15) is 5.75 Å². The van der Waals surface area contributed by atoms with E-state index in [0.29, 0.717) is 23.2 Å². The molecule has 5 heteroatoms. The maximum absolute atomic E-state index is 6.16. The first-order valence-electron chi connectivity index (χ1n) is 6.19. The molecule has 0 aliphatic heterocycles. The average molecular weight is 280 g/mol. The summed E-state index contributed by atoms with van der Waals surface area (Å²) in [6, 6.07) is 5.69. The van der Waals surface area contributed by atoms with Crippen molar-refractivity contribution >= 4 is 11.6 Å². The molecule has 0 spiro atoms. The Labute approximate surface area is 118 Å². The lowest BCUT2D eigenvalue weighted by Crippen LogP contribution is -2.05. The highest BCUT2D eigenvalue weighted by Gasteiger charge is 2.16. The van der Waals surface area contributed by atoms with Crippen LogP contribution in [0.4, 0.5) is 0 Å². The van der Waals surface area contributed by atoms with Gasteiger partial charge in [0.2, 0.25) is 5.88 Å². The molecule has 1 aromatic heterocycles. The zero-order chi connectivity index (χ0) is 14.0. The molecule has 0 unspecified atom stereocenters. The second-order valence-electron chi connectivity index (χ2n) is 4.57. The van der Waals surface area contributed by atoms with Gasteiger partial charge in [0.25, 0.3) is 0 Å². The number of hydrogen-bond donors (Lipinski definition) is 1. The zero-order valence-corrected chi connectivity index (χ0v) is 12.2. The van der Waals surface area contributed by atoms with E-state index in [0.717, 1.165) is 23.2 Å². The van der Waals surface area contributed by atoms with Crippen LogP contribution in [0.5, 0.6) is 11.6 Å². The second kappa shape index (κ2) is 5.63. The van der Waals surface area contributed by atoms with Crippen LogP contribution in [0, 0.1) is 13.8 Å². The minimum absolute atomic E-state index is 0.560. The average Bonchev–Trinajstić information content (AvgIpc) is 2.61. The number of rotatable bonds is 4. The van der Waals surface area contributed by atoms with E-state index < -0.39 is 0 Å². The number of halogens is 1. The van der Waals surface area contributed by atoms with Crippen molar-refractivity contribution in [2.24, 2.45) is 12.8 Å². The van der Waals surface area contributed by atoms with Crippen molar-refractivity contribution in [3.05, 3.63) is 40.0 Å². The molecule has 0 amide bonds. The number of hydrogen-bond acceptors (Lipinski definition) is 3. The van der Waals surface area contributed by atoms with Crippen LogP contribution in [-0.4, -0.2) is 16.3 Å². The summed E-state index contributed by atoms with van der Waals surface area (Å²) in [6.45, 7) is 4.51. The number of nitrogens with zero attached hydrogens (tertiary/aromatic N) is 2. The molecule has 0 aliphatic carbocycles. The van der Waals surface area contributed by atoms with E-state index in [2.05, 4.69) is 5.10 Å². The topological polar surface area (TPSA) is 53.1 Å². The first-order valence-corrected chi connectivity index (χ1v) is 6.57. The van der Waals surface area contributed by atoms with Crippen LogP contribution < -0.4 is 10.5 Å². The van der Waals surface area contributed by atoms with E-state index in [1.165, 1.54) is 0 Å². The van der Waals surface area contributed by atoms with Crippen molar-refractivity contribution < 1.29 is 4.74 Å². The number of aromatic nitrogens is 2. The summed E-state index contributed by atoms with van der Waals surface area (Å²) < 4.78 is 7.66. The number of nitrogens with two attached hydrogens (primary N) is 1. The smallest absolute Gasteiger partial charge is 0.221 e. The molecule has 2 rings (SSSR count). The molecule has 1 heterocycles. The monoisotopic (exact) mass is 279 g/mol. The Morgan fingerprint density at radius 1 is 1.37 bits per heavy atom. The van der Waals surface area contributed by atoms with Gasteiger partial charge in [0.05, 0.1) is 10.7 Å². The normalized spacial score (nSPS) is 10.8. The third-order valence-corrected chi connectivity index (χ3v) is 3.29. The van der Waals surface area contributed by atoms with Crippen molar-refractivity contribution in [2.75, 3.05) is 6.54 Å². The number of aryl methyl sites for hydroxylation is 3. The molecule has 1 aromatic carbocycles. The molecule has 102 valence electrons. The summed E-state index contributed by atoms with van der Waals surface area (Å²) in [4.78, 5) is 0. The van der Waals surface area contributed by atoms with Crippen LogP contribution in [-0.2, 0) is 13.5 Å². The highest BCUT2D eigenvalue weighted by molar-refractivity contribution is 6.32. The van der Waals surface area contributed by atoms with E-state index in [1.807, 2.05) is 39.1 Å². The van der Waals surface area contributed by atoms with Crippen LogP contribution in [0.25, 0.3) is 0 Å². The van der Waals surface area contributed by atoms with Gasteiger partial charge in [0.15, 0.2) is 0 Å². The minimum atomic E-state index is 0.560. The van der Waals surface area contributed by atoms with Crippen LogP contribution in [0.1, 0.15) is 16.8 Å². The highest BCUT2D eigenvalue weighted by Crippen LogP contribution is 2.32. The Morgan fingerprint density at radius 3 is 2.79 bits per heavy atom. The fraction of sp³-hybridized carbons (Fsp3) is 0.357. The molecule has 0 saturated heterocycles. The Hall–Kier alpha value is -1.52. The maximum atomic E-state index is 6.16. The number of ether oxygens (including phenoxy) is 1. The third-order valence-electron chi connectivity index (χ3n) is 2.98. The molecule has 0 radical (unpaired) electrons. The van der Waals surface area contributed by atoms with E-state index in [9.17, 15) is 0 Å². The van der Waals surface area contributed by atoms with Gasteiger partial charge in [-0.2, -0.15) is 5.10 Å². The summed E-state index contributed by atoms with van der Waals surface area (Å²) >= 11 is 6.16. The van der Waals surface area contributed by atoms with Gasteiger partial charge < -0.3 is 10.5 Å². The molecule has 19 heavy (non-hydrogen) atoms. The number of benzene rings is 1. The fourth-order valence-corrected chi connectivity index (χ4v) is 2.19. The van der Waals surface area contributed by atoms with E-state index in [1.54, 1.807) is 4.68 Å². The molecule has 4 nitrogen and oxygen atoms in total.